The zero-order valence-electron chi connectivity index (χ0n) is 9.60. The zero-order chi connectivity index (χ0) is 12.1. The highest BCUT2D eigenvalue weighted by Crippen LogP contribution is 2.13. The minimum Gasteiger partial charge on any atom is -0.497 e. The molecule has 0 aliphatic heterocycles. The molecule has 1 rings (SSSR count). The number of rotatable bonds is 4. The Bertz CT molecular complexity index is 404. The minimum atomic E-state index is -0.742. The molecule has 0 heterocycles. The van der Waals surface area contributed by atoms with Crippen molar-refractivity contribution in [3.05, 3.63) is 29.8 Å². The molecule has 1 aromatic carbocycles. The van der Waals surface area contributed by atoms with E-state index in [9.17, 15) is 4.79 Å². The third-order valence-corrected chi connectivity index (χ3v) is 2.26. The summed E-state index contributed by atoms with van der Waals surface area (Å²) in [5.74, 6) is 0.491. The van der Waals surface area contributed by atoms with Gasteiger partial charge in [0.2, 0.25) is 0 Å². The van der Waals surface area contributed by atoms with E-state index in [1.54, 1.807) is 50.4 Å². The third kappa shape index (κ3) is 2.59. The van der Waals surface area contributed by atoms with Crippen molar-refractivity contribution in [1.29, 1.82) is 5.26 Å². The Kier molecular flexibility index (Phi) is 4.03. The number of methoxy groups -OCH3 is 1. The fourth-order valence-corrected chi connectivity index (χ4v) is 1.32. The van der Waals surface area contributed by atoms with Crippen LogP contribution in [0.1, 0.15) is 10.4 Å². The van der Waals surface area contributed by atoms with Gasteiger partial charge in [-0.25, -0.2) is 0 Å². The highest BCUT2D eigenvalue weighted by Gasteiger charge is 2.21. The van der Waals surface area contributed by atoms with E-state index < -0.39 is 6.04 Å². The number of carbonyl (C=O) groups is 1. The van der Waals surface area contributed by atoms with E-state index >= 15 is 0 Å². The number of hydrogen-bond acceptors (Lipinski definition) is 4. The molecule has 4 heteroatoms. The van der Waals surface area contributed by atoms with Gasteiger partial charge in [0.1, 0.15) is 5.75 Å². The molecule has 0 amide bonds. The Labute approximate surface area is 95.0 Å². The number of nitrogens with zero attached hydrogens (tertiary/aromatic N) is 2. The SMILES string of the molecule is COc1ccc(C(=O)C(C#N)N(C)C)cc1. The first-order chi connectivity index (χ1) is 7.60. The van der Waals surface area contributed by atoms with Crippen molar-refractivity contribution in [2.75, 3.05) is 21.2 Å². The van der Waals surface area contributed by atoms with Crippen molar-refractivity contribution in [1.82, 2.24) is 4.90 Å². The summed E-state index contributed by atoms with van der Waals surface area (Å²) in [7, 11) is 4.97. The van der Waals surface area contributed by atoms with E-state index in [4.69, 9.17) is 10.00 Å². The Morgan fingerprint density at radius 2 is 1.94 bits per heavy atom. The monoisotopic (exact) mass is 218 g/mol. The van der Waals surface area contributed by atoms with Gasteiger partial charge >= 0.3 is 0 Å². The van der Waals surface area contributed by atoms with E-state index in [1.165, 1.54) is 0 Å². The lowest BCUT2D eigenvalue weighted by Crippen LogP contribution is -2.34. The molecule has 0 saturated carbocycles. The first-order valence-corrected chi connectivity index (χ1v) is 4.84. The van der Waals surface area contributed by atoms with Crippen LogP contribution in [-0.4, -0.2) is 37.9 Å². The van der Waals surface area contributed by atoms with Gasteiger partial charge in [-0.2, -0.15) is 5.26 Å². The molecular formula is C12H14N2O2. The number of likely N-dealkylation sites (N-methyl/N-ethyl adjacent to an activating group) is 1. The lowest BCUT2D eigenvalue weighted by atomic mass is 10.0. The summed E-state index contributed by atoms with van der Waals surface area (Å²) >= 11 is 0. The van der Waals surface area contributed by atoms with E-state index in [-0.39, 0.29) is 5.78 Å². The summed E-state index contributed by atoms with van der Waals surface area (Å²) in [5.41, 5.74) is 0.515. The fraction of sp³-hybridized carbons (Fsp3) is 0.333. The first-order valence-electron chi connectivity index (χ1n) is 4.84. The number of nitriles is 1. The molecule has 1 aromatic rings. The number of ether oxygens (including phenoxy) is 1. The van der Waals surface area contributed by atoms with Crippen molar-refractivity contribution in [2.24, 2.45) is 0 Å². The van der Waals surface area contributed by atoms with E-state index in [2.05, 4.69) is 0 Å². The summed E-state index contributed by atoms with van der Waals surface area (Å²) in [6.45, 7) is 0. The van der Waals surface area contributed by atoms with Gasteiger partial charge < -0.3 is 4.74 Å². The number of hydrogen-bond donors (Lipinski definition) is 0. The van der Waals surface area contributed by atoms with Gasteiger partial charge in [-0.3, -0.25) is 9.69 Å². The van der Waals surface area contributed by atoms with E-state index in [1.807, 2.05) is 6.07 Å². The van der Waals surface area contributed by atoms with Gasteiger partial charge in [-0.15, -0.1) is 0 Å². The van der Waals surface area contributed by atoms with Crippen LogP contribution in [0.25, 0.3) is 0 Å². The van der Waals surface area contributed by atoms with Crippen LogP contribution in [0.15, 0.2) is 24.3 Å². The summed E-state index contributed by atoms with van der Waals surface area (Å²) in [6.07, 6.45) is 0. The molecule has 4 nitrogen and oxygen atoms in total. The zero-order valence-corrected chi connectivity index (χ0v) is 9.60. The fourth-order valence-electron chi connectivity index (χ4n) is 1.32. The second-order valence-corrected chi connectivity index (χ2v) is 3.59. The standard InChI is InChI=1S/C12H14N2O2/c1-14(2)11(8-13)12(15)9-4-6-10(16-3)7-5-9/h4-7,11H,1-3H3. The smallest absolute Gasteiger partial charge is 0.194 e. The van der Waals surface area contributed by atoms with Gasteiger partial charge in [-0.05, 0) is 38.4 Å². The second kappa shape index (κ2) is 5.29. The molecule has 0 radical (unpaired) electrons. The molecule has 0 aliphatic carbocycles. The van der Waals surface area contributed by atoms with Crippen LogP contribution in [-0.2, 0) is 0 Å². The molecule has 16 heavy (non-hydrogen) atoms. The maximum absolute atomic E-state index is 11.9. The molecule has 0 fully saturated rings. The molecule has 0 saturated heterocycles. The maximum Gasteiger partial charge on any atom is 0.194 e. The predicted octanol–water partition coefficient (Wildman–Crippen LogP) is 1.33. The van der Waals surface area contributed by atoms with Crippen LogP contribution >= 0.6 is 0 Å². The normalized spacial score (nSPS) is 11.9. The summed E-state index contributed by atoms with van der Waals surface area (Å²) in [5, 5.41) is 8.89. The summed E-state index contributed by atoms with van der Waals surface area (Å²) in [6, 6.07) is 7.97. The van der Waals surface area contributed by atoms with Crippen LogP contribution in [0.4, 0.5) is 0 Å². The van der Waals surface area contributed by atoms with Crippen LogP contribution in [0.3, 0.4) is 0 Å². The molecule has 0 bridgehead atoms. The van der Waals surface area contributed by atoms with Crippen molar-refractivity contribution in [3.63, 3.8) is 0 Å². The summed E-state index contributed by atoms with van der Waals surface area (Å²) in [4.78, 5) is 13.5. The van der Waals surface area contributed by atoms with Crippen molar-refractivity contribution < 1.29 is 9.53 Å². The van der Waals surface area contributed by atoms with Gasteiger partial charge in [-0.1, -0.05) is 0 Å². The Morgan fingerprint density at radius 1 is 1.38 bits per heavy atom. The second-order valence-electron chi connectivity index (χ2n) is 3.59. The highest BCUT2D eigenvalue weighted by molar-refractivity contribution is 6.01. The molecular weight excluding hydrogens is 204 g/mol. The topological polar surface area (TPSA) is 53.3 Å². The highest BCUT2D eigenvalue weighted by atomic mass is 16.5. The first kappa shape index (κ1) is 12.2. The van der Waals surface area contributed by atoms with Crippen LogP contribution in [0.2, 0.25) is 0 Å². The molecule has 1 atom stereocenters. The molecule has 0 N–H and O–H groups in total. The molecule has 1 unspecified atom stereocenters. The van der Waals surface area contributed by atoms with Crippen molar-refractivity contribution in [3.8, 4) is 11.8 Å². The van der Waals surface area contributed by atoms with E-state index in [0.29, 0.717) is 11.3 Å². The Balaban J connectivity index is 2.92. The van der Waals surface area contributed by atoms with Gasteiger partial charge in [0.05, 0.1) is 13.2 Å². The van der Waals surface area contributed by atoms with Crippen LogP contribution in [0.5, 0.6) is 5.75 Å². The number of ketones is 1. The van der Waals surface area contributed by atoms with Crippen molar-refractivity contribution in [2.45, 2.75) is 6.04 Å². The molecule has 0 spiro atoms. The lowest BCUT2D eigenvalue weighted by Gasteiger charge is -2.15. The Hall–Kier alpha value is -1.86. The van der Waals surface area contributed by atoms with E-state index in [0.717, 1.165) is 0 Å². The van der Waals surface area contributed by atoms with Crippen LogP contribution in [0, 0.1) is 11.3 Å². The quantitative estimate of drug-likeness (QED) is 0.715. The number of benzene rings is 1. The van der Waals surface area contributed by atoms with Gasteiger partial charge in [0.15, 0.2) is 11.8 Å². The Morgan fingerprint density at radius 3 is 2.31 bits per heavy atom. The number of Topliss-reactive ketones (excluding diaryl/α,β-unsaturated/α-hetero) is 1. The molecule has 0 aliphatic rings. The maximum atomic E-state index is 11.9. The minimum absolute atomic E-state index is 0.199. The average Bonchev–Trinajstić information content (AvgIpc) is 2.29. The average molecular weight is 218 g/mol. The molecule has 84 valence electrons. The molecule has 0 aromatic heterocycles. The largest absolute Gasteiger partial charge is 0.497 e. The van der Waals surface area contributed by atoms with Gasteiger partial charge in [0.25, 0.3) is 0 Å². The summed E-state index contributed by atoms with van der Waals surface area (Å²) < 4.78 is 5.00. The predicted molar refractivity (Wildman–Crippen MR) is 60.4 cm³/mol. The van der Waals surface area contributed by atoms with Crippen LogP contribution < -0.4 is 4.74 Å². The van der Waals surface area contributed by atoms with Gasteiger partial charge in [0, 0.05) is 5.56 Å². The lowest BCUT2D eigenvalue weighted by molar-refractivity contribution is 0.0917. The third-order valence-electron chi connectivity index (χ3n) is 2.26. The number of carbonyl (C=O) groups excluding carboxylic acids is 1. The van der Waals surface area contributed by atoms with Crippen molar-refractivity contribution >= 4 is 5.78 Å².